The molecule has 3 rings (SSSR count). The molecule has 2 amide bonds. The van der Waals surface area contributed by atoms with Crippen molar-refractivity contribution in [3.05, 3.63) is 63.9 Å². The zero-order chi connectivity index (χ0) is 21.5. The van der Waals surface area contributed by atoms with E-state index in [4.69, 9.17) is 27.9 Å². The van der Waals surface area contributed by atoms with Crippen LogP contribution in [0.2, 0.25) is 10.0 Å². The summed E-state index contributed by atoms with van der Waals surface area (Å²) >= 11 is 11.5. The fourth-order valence-electron chi connectivity index (χ4n) is 3.44. The summed E-state index contributed by atoms with van der Waals surface area (Å²) in [5, 5.41) is 6.51. The van der Waals surface area contributed by atoms with Crippen molar-refractivity contribution in [3.8, 4) is 5.75 Å². The summed E-state index contributed by atoms with van der Waals surface area (Å²) in [6, 6.07) is 10.9. The average molecular weight is 453 g/mol. The van der Waals surface area contributed by atoms with Crippen LogP contribution in [0, 0.1) is 11.7 Å². The lowest BCUT2D eigenvalue weighted by Crippen LogP contribution is -2.41. The molecule has 0 spiro atoms. The molecule has 0 aliphatic heterocycles. The van der Waals surface area contributed by atoms with Crippen LogP contribution < -0.4 is 15.4 Å². The molecular weight excluding hydrogens is 430 g/mol. The van der Waals surface area contributed by atoms with Gasteiger partial charge in [0, 0.05) is 29.2 Å². The van der Waals surface area contributed by atoms with Crippen LogP contribution in [-0.2, 0) is 4.79 Å². The second-order valence-corrected chi connectivity index (χ2v) is 8.21. The second-order valence-electron chi connectivity index (χ2n) is 7.37. The molecule has 5 nitrogen and oxygen atoms in total. The minimum atomic E-state index is -0.587. The Balaban J connectivity index is 1.34. The zero-order valence-electron chi connectivity index (χ0n) is 16.3. The predicted molar refractivity (Wildman–Crippen MR) is 115 cm³/mol. The van der Waals surface area contributed by atoms with Crippen LogP contribution >= 0.6 is 23.2 Å². The lowest BCUT2D eigenvalue weighted by atomic mass is 9.86. The first kappa shape index (κ1) is 22.4. The molecule has 0 unspecified atom stereocenters. The number of carbonyl (C=O) groups excluding carboxylic acids is 2. The third-order valence-electron chi connectivity index (χ3n) is 5.13. The van der Waals surface area contributed by atoms with E-state index in [2.05, 4.69) is 10.6 Å². The van der Waals surface area contributed by atoms with Crippen molar-refractivity contribution in [2.75, 3.05) is 13.2 Å². The molecule has 1 aliphatic rings. The Bertz CT molecular complexity index is 884. The van der Waals surface area contributed by atoms with Crippen LogP contribution in [0.25, 0.3) is 0 Å². The number of halogens is 3. The Labute approximate surface area is 184 Å². The Morgan fingerprint density at radius 1 is 1.03 bits per heavy atom. The summed E-state index contributed by atoms with van der Waals surface area (Å²) in [4.78, 5) is 24.3. The minimum absolute atomic E-state index is 0.00733. The van der Waals surface area contributed by atoms with Gasteiger partial charge in [-0.3, -0.25) is 9.59 Å². The Morgan fingerprint density at radius 3 is 2.40 bits per heavy atom. The first-order valence-electron chi connectivity index (χ1n) is 9.81. The van der Waals surface area contributed by atoms with Crippen LogP contribution in [0.1, 0.15) is 36.0 Å². The number of benzene rings is 2. The zero-order valence-corrected chi connectivity index (χ0v) is 17.8. The summed E-state index contributed by atoms with van der Waals surface area (Å²) in [5.41, 5.74) is 0.584. The monoisotopic (exact) mass is 452 g/mol. The predicted octanol–water partition coefficient (Wildman–Crippen LogP) is 4.62. The van der Waals surface area contributed by atoms with Gasteiger partial charge in [0.25, 0.3) is 11.8 Å². The van der Waals surface area contributed by atoms with Gasteiger partial charge in [0.05, 0.1) is 5.02 Å². The van der Waals surface area contributed by atoms with Crippen molar-refractivity contribution in [1.82, 2.24) is 10.6 Å². The average Bonchev–Trinajstić information content (AvgIpc) is 2.74. The Morgan fingerprint density at radius 2 is 1.73 bits per heavy atom. The van der Waals surface area contributed by atoms with Gasteiger partial charge < -0.3 is 15.4 Å². The first-order chi connectivity index (χ1) is 14.4. The number of nitrogens with one attached hydrogen (secondary N) is 2. The molecule has 0 radical (unpaired) electrons. The van der Waals surface area contributed by atoms with Gasteiger partial charge in [-0.1, -0.05) is 23.2 Å². The number of hydrogen-bond acceptors (Lipinski definition) is 3. The van der Waals surface area contributed by atoms with E-state index in [0.29, 0.717) is 23.0 Å². The molecule has 1 saturated carbocycles. The summed E-state index contributed by atoms with van der Waals surface area (Å²) in [7, 11) is 0. The maximum Gasteiger partial charge on any atom is 0.258 e. The SMILES string of the molecule is O=C(COc1ccc(Cl)c(F)c1)NC1CCC(CNC(=O)c2ccc(Cl)cc2)CC1. The van der Waals surface area contributed by atoms with Crippen LogP contribution in [0.15, 0.2) is 42.5 Å². The van der Waals surface area contributed by atoms with Crippen LogP contribution in [0.5, 0.6) is 5.75 Å². The van der Waals surface area contributed by atoms with Gasteiger partial charge in [-0.15, -0.1) is 0 Å². The van der Waals surface area contributed by atoms with Crippen molar-refractivity contribution < 1.29 is 18.7 Å². The van der Waals surface area contributed by atoms with Gasteiger partial charge in [0.2, 0.25) is 0 Å². The van der Waals surface area contributed by atoms with Gasteiger partial charge in [-0.05, 0) is 68.0 Å². The van der Waals surface area contributed by atoms with Gasteiger partial charge >= 0.3 is 0 Å². The van der Waals surface area contributed by atoms with Gasteiger partial charge in [-0.2, -0.15) is 0 Å². The van der Waals surface area contributed by atoms with Crippen molar-refractivity contribution >= 4 is 35.0 Å². The summed E-state index contributed by atoms with van der Waals surface area (Å²) in [6.07, 6.45) is 3.50. The molecule has 0 saturated heterocycles. The third kappa shape index (κ3) is 6.61. The second kappa shape index (κ2) is 10.6. The molecule has 30 heavy (non-hydrogen) atoms. The molecule has 1 fully saturated rings. The molecule has 0 aromatic heterocycles. The lowest BCUT2D eigenvalue weighted by Gasteiger charge is -2.29. The lowest BCUT2D eigenvalue weighted by molar-refractivity contribution is -0.124. The van der Waals surface area contributed by atoms with Crippen molar-refractivity contribution in [1.29, 1.82) is 0 Å². The number of amides is 2. The van der Waals surface area contributed by atoms with E-state index in [-0.39, 0.29) is 35.2 Å². The molecule has 2 aromatic carbocycles. The van der Waals surface area contributed by atoms with Gasteiger partial charge in [0.15, 0.2) is 6.61 Å². The van der Waals surface area contributed by atoms with Crippen LogP contribution in [-0.4, -0.2) is 31.0 Å². The first-order valence-corrected chi connectivity index (χ1v) is 10.6. The quantitative estimate of drug-likeness (QED) is 0.643. The molecule has 0 atom stereocenters. The van der Waals surface area contributed by atoms with E-state index in [0.717, 1.165) is 31.7 Å². The number of ether oxygens (including phenoxy) is 1. The smallest absolute Gasteiger partial charge is 0.258 e. The highest BCUT2D eigenvalue weighted by molar-refractivity contribution is 6.31. The molecule has 1 aliphatic carbocycles. The fourth-order valence-corrected chi connectivity index (χ4v) is 3.68. The highest BCUT2D eigenvalue weighted by atomic mass is 35.5. The Hall–Kier alpha value is -2.31. The van der Waals surface area contributed by atoms with Crippen LogP contribution in [0.4, 0.5) is 4.39 Å². The standard InChI is InChI=1S/C22H23Cl2FN2O3/c23-16-5-3-15(4-6-16)22(29)26-12-14-1-7-17(8-2-14)27-21(28)13-30-18-9-10-19(24)20(25)11-18/h3-6,9-11,14,17H,1-2,7-8,12-13H2,(H,26,29)(H,27,28). The molecule has 2 N–H and O–H groups in total. The fraction of sp³-hybridized carbons (Fsp3) is 0.364. The molecule has 2 aromatic rings. The third-order valence-corrected chi connectivity index (χ3v) is 5.69. The van der Waals surface area contributed by atoms with E-state index in [9.17, 15) is 14.0 Å². The van der Waals surface area contributed by atoms with Crippen molar-refractivity contribution in [3.63, 3.8) is 0 Å². The van der Waals surface area contributed by atoms with Crippen LogP contribution in [0.3, 0.4) is 0 Å². The number of rotatable bonds is 7. The van der Waals surface area contributed by atoms with E-state index in [1.165, 1.54) is 12.1 Å². The van der Waals surface area contributed by atoms with E-state index in [1.54, 1.807) is 24.3 Å². The van der Waals surface area contributed by atoms with Crippen molar-refractivity contribution in [2.24, 2.45) is 5.92 Å². The topological polar surface area (TPSA) is 67.4 Å². The highest BCUT2D eigenvalue weighted by Gasteiger charge is 2.23. The van der Waals surface area contributed by atoms with E-state index in [1.807, 2.05) is 0 Å². The maximum atomic E-state index is 13.4. The molecular formula is C22H23Cl2FN2O3. The van der Waals surface area contributed by atoms with E-state index < -0.39 is 5.82 Å². The molecule has 8 heteroatoms. The number of carbonyl (C=O) groups is 2. The Kier molecular flexibility index (Phi) is 7.94. The van der Waals surface area contributed by atoms with Crippen molar-refractivity contribution in [2.45, 2.75) is 31.7 Å². The van der Waals surface area contributed by atoms with Gasteiger partial charge in [0.1, 0.15) is 11.6 Å². The maximum absolute atomic E-state index is 13.4. The normalized spacial score (nSPS) is 18.5. The summed E-state index contributed by atoms with van der Waals surface area (Å²) in [5.74, 6) is -0.311. The molecule has 0 heterocycles. The van der Waals surface area contributed by atoms with E-state index >= 15 is 0 Å². The summed E-state index contributed by atoms with van der Waals surface area (Å²) < 4.78 is 18.7. The summed E-state index contributed by atoms with van der Waals surface area (Å²) in [6.45, 7) is 0.422. The highest BCUT2D eigenvalue weighted by Crippen LogP contribution is 2.24. The number of hydrogen-bond donors (Lipinski definition) is 2. The van der Waals surface area contributed by atoms with Gasteiger partial charge in [-0.25, -0.2) is 4.39 Å². The molecule has 160 valence electrons. The molecule has 0 bridgehead atoms. The largest absolute Gasteiger partial charge is 0.484 e. The minimum Gasteiger partial charge on any atom is -0.484 e.